The molecule has 0 rings (SSSR count). The molecule has 6 N–H and O–H groups in total. The van der Waals surface area contributed by atoms with E-state index in [-0.39, 0.29) is 17.2 Å². The molecule has 0 atom stereocenters. The van der Waals surface area contributed by atoms with Gasteiger partial charge in [-0.1, -0.05) is 25.4 Å². The van der Waals surface area contributed by atoms with Crippen LogP contribution in [0.4, 0.5) is 0 Å². The summed E-state index contributed by atoms with van der Waals surface area (Å²) < 4.78 is 0. The minimum Gasteiger partial charge on any atom is -0.409 e. The number of carbonyl (C=O) groups excluding carboxylic acids is 1. The Labute approximate surface area is 109 Å². The summed E-state index contributed by atoms with van der Waals surface area (Å²) in [6, 6.07) is 0. The van der Waals surface area contributed by atoms with Gasteiger partial charge in [0.2, 0.25) is 5.91 Å². The van der Waals surface area contributed by atoms with Gasteiger partial charge >= 0.3 is 0 Å². The maximum Gasteiger partial charge on any atom is 0.217 e. The standard InChI is InChI=1S/C12H26N4O2/c1-12(2,11(14)16-18)7-3-4-8-15-9-5-6-10(13)17/h15,18H,3-9H2,1-2H3,(H2,13,17)(H2,14,16). The molecule has 0 saturated carbocycles. The molecule has 0 aliphatic heterocycles. The van der Waals surface area contributed by atoms with E-state index >= 15 is 0 Å². The van der Waals surface area contributed by atoms with E-state index in [1.54, 1.807) is 0 Å². The Morgan fingerprint density at radius 3 is 2.39 bits per heavy atom. The van der Waals surface area contributed by atoms with Crippen LogP contribution >= 0.6 is 0 Å². The van der Waals surface area contributed by atoms with Gasteiger partial charge in [-0.15, -0.1) is 0 Å². The number of primary amides is 1. The number of carbonyl (C=O) groups is 1. The molecular formula is C12H26N4O2. The molecule has 0 aromatic carbocycles. The molecule has 0 fully saturated rings. The fourth-order valence-corrected chi connectivity index (χ4v) is 1.59. The predicted molar refractivity (Wildman–Crippen MR) is 72.3 cm³/mol. The molecule has 0 aliphatic carbocycles. The second-order valence-electron chi connectivity index (χ2n) is 5.15. The smallest absolute Gasteiger partial charge is 0.217 e. The lowest BCUT2D eigenvalue weighted by Gasteiger charge is -2.22. The van der Waals surface area contributed by atoms with E-state index in [2.05, 4.69) is 10.5 Å². The molecule has 0 bridgehead atoms. The van der Waals surface area contributed by atoms with Crippen molar-refractivity contribution in [1.82, 2.24) is 5.32 Å². The molecule has 1 amide bonds. The van der Waals surface area contributed by atoms with E-state index in [9.17, 15) is 4.79 Å². The average molecular weight is 258 g/mol. The fourth-order valence-electron chi connectivity index (χ4n) is 1.59. The van der Waals surface area contributed by atoms with Crippen LogP contribution in [0.25, 0.3) is 0 Å². The Morgan fingerprint density at radius 1 is 1.22 bits per heavy atom. The van der Waals surface area contributed by atoms with Crippen molar-refractivity contribution in [3.05, 3.63) is 0 Å². The Bertz CT molecular complexity index is 277. The van der Waals surface area contributed by atoms with Gasteiger partial charge in [0.25, 0.3) is 0 Å². The molecule has 0 aromatic rings. The molecule has 18 heavy (non-hydrogen) atoms. The van der Waals surface area contributed by atoms with E-state index in [0.29, 0.717) is 6.42 Å². The SMILES string of the molecule is CC(C)(CCCCNCCCC(N)=O)C(N)=NO. The molecule has 6 nitrogen and oxygen atoms in total. The van der Waals surface area contributed by atoms with Crippen molar-refractivity contribution in [3.63, 3.8) is 0 Å². The van der Waals surface area contributed by atoms with E-state index in [1.165, 1.54) is 0 Å². The summed E-state index contributed by atoms with van der Waals surface area (Å²) in [5, 5.41) is 14.9. The topological polar surface area (TPSA) is 114 Å². The largest absolute Gasteiger partial charge is 0.409 e. The van der Waals surface area contributed by atoms with E-state index in [0.717, 1.165) is 38.8 Å². The second kappa shape index (κ2) is 8.74. The highest BCUT2D eigenvalue weighted by Crippen LogP contribution is 2.22. The molecule has 0 heterocycles. The molecule has 0 saturated heterocycles. The molecular weight excluding hydrogens is 232 g/mol. The lowest BCUT2D eigenvalue weighted by molar-refractivity contribution is -0.118. The summed E-state index contributed by atoms with van der Waals surface area (Å²) in [7, 11) is 0. The van der Waals surface area contributed by atoms with E-state index < -0.39 is 0 Å². The maximum atomic E-state index is 10.5. The van der Waals surface area contributed by atoms with Crippen molar-refractivity contribution in [1.29, 1.82) is 0 Å². The fraction of sp³-hybridized carbons (Fsp3) is 0.833. The zero-order chi connectivity index (χ0) is 14.0. The highest BCUT2D eigenvalue weighted by Gasteiger charge is 2.22. The quantitative estimate of drug-likeness (QED) is 0.152. The number of amidine groups is 1. The van der Waals surface area contributed by atoms with Crippen molar-refractivity contribution in [2.24, 2.45) is 22.0 Å². The molecule has 6 heteroatoms. The third kappa shape index (κ3) is 7.89. The van der Waals surface area contributed by atoms with Gasteiger partial charge in [-0.25, -0.2) is 0 Å². The number of unbranched alkanes of at least 4 members (excludes halogenated alkanes) is 1. The first-order valence-corrected chi connectivity index (χ1v) is 6.37. The van der Waals surface area contributed by atoms with Gasteiger partial charge in [0.05, 0.1) is 0 Å². The van der Waals surface area contributed by atoms with Crippen LogP contribution in [0, 0.1) is 5.41 Å². The van der Waals surface area contributed by atoms with Gasteiger partial charge in [0, 0.05) is 11.8 Å². The highest BCUT2D eigenvalue weighted by atomic mass is 16.4. The van der Waals surface area contributed by atoms with Crippen LogP contribution in [-0.4, -0.2) is 30.0 Å². The van der Waals surface area contributed by atoms with Crippen molar-refractivity contribution in [2.75, 3.05) is 13.1 Å². The molecule has 0 aromatic heterocycles. The number of oxime groups is 1. The van der Waals surface area contributed by atoms with Gasteiger partial charge < -0.3 is 22.0 Å². The first-order chi connectivity index (χ1) is 8.40. The Balaban J connectivity index is 3.49. The molecule has 106 valence electrons. The van der Waals surface area contributed by atoms with Crippen molar-refractivity contribution < 1.29 is 10.0 Å². The number of nitrogens with zero attached hydrogens (tertiary/aromatic N) is 1. The maximum absolute atomic E-state index is 10.5. The van der Waals surface area contributed by atoms with Crippen molar-refractivity contribution >= 4 is 11.7 Å². The first kappa shape index (κ1) is 16.7. The van der Waals surface area contributed by atoms with Crippen LogP contribution in [0.5, 0.6) is 0 Å². The van der Waals surface area contributed by atoms with E-state index in [1.807, 2.05) is 13.8 Å². The number of hydrogen-bond donors (Lipinski definition) is 4. The second-order valence-corrected chi connectivity index (χ2v) is 5.15. The Kier molecular flexibility index (Phi) is 8.11. The Hall–Kier alpha value is -1.30. The molecule has 0 spiro atoms. The number of nitrogens with two attached hydrogens (primary N) is 2. The molecule has 0 aliphatic rings. The number of rotatable bonds is 10. The minimum atomic E-state index is -0.263. The van der Waals surface area contributed by atoms with Crippen LogP contribution < -0.4 is 16.8 Å². The third-order valence-electron chi connectivity index (χ3n) is 2.98. The number of nitrogens with one attached hydrogen (secondary N) is 1. The van der Waals surface area contributed by atoms with Crippen LogP contribution in [0.1, 0.15) is 46.0 Å². The lowest BCUT2D eigenvalue weighted by Crippen LogP contribution is -2.32. The van der Waals surface area contributed by atoms with Gasteiger partial charge in [-0.2, -0.15) is 0 Å². The lowest BCUT2D eigenvalue weighted by atomic mass is 9.86. The number of amides is 1. The summed E-state index contributed by atoms with van der Waals surface area (Å²) >= 11 is 0. The van der Waals surface area contributed by atoms with Crippen molar-refractivity contribution in [3.8, 4) is 0 Å². The van der Waals surface area contributed by atoms with Crippen LogP contribution in [0.3, 0.4) is 0 Å². The minimum absolute atomic E-state index is 0.252. The van der Waals surface area contributed by atoms with Gasteiger partial charge in [0.1, 0.15) is 5.84 Å². The van der Waals surface area contributed by atoms with Gasteiger partial charge in [-0.05, 0) is 32.4 Å². The summed E-state index contributed by atoms with van der Waals surface area (Å²) in [4.78, 5) is 10.5. The molecule has 0 unspecified atom stereocenters. The normalized spacial score (nSPS) is 12.7. The van der Waals surface area contributed by atoms with Gasteiger partial charge in [-0.3, -0.25) is 4.79 Å². The average Bonchev–Trinajstić information content (AvgIpc) is 2.30. The summed E-state index contributed by atoms with van der Waals surface area (Å²) in [6.45, 7) is 5.64. The molecule has 0 radical (unpaired) electrons. The highest BCUT2D eigenvalue weighted by molar-refractivity contribution is 5.85. The number of hydrogen-bond acceptors (Lipinski definition) is 4. The zero-order valence-electron chi connectivity index (χ0n) is 11.4. The first-order valence-electron chi connectivity index (χ1n) is 6.37. The van der Waals surface area contributed by atoms with Crippen LogP contribution in [-0.2, 0) is 4.79 Å². The Morgan fingerprint density at radius 2 is 1.83 bits per heavy atom. The summed E-state index contributed by atoms with van der Waals surface area (Å²) in [5.74, 6) is 0.0224. The van der Waals surface area contributed by atoms with E-state index in [4.69, 9.17) is 16.7 Å². The summed E-state index contributed by atoms with van der Waals surface area (Å²) in [6.07, 6.45) is 4.13. The van der Waals surface area contributed by atoms with Crippen molar-refractivity contribution in [2.45, 2.75) is 46.0 Å². The predicted octanol–water partition coefficient (Wildman–Crippen LogP) is 0.784. The summed E-state index contributed by atoms with van der Waals surface area (Å²) in [5.41, 5.74) is 10.4. The van der Waals surface area contributed by atoms with Crippen LogP contribution in [0.15, 0.2) is 5.16 Å². The third-order valence-corrected chi connectivity index (χ3v) is 2.98. The zero-order valence-corrected chi connectivity index (χ0v) is 11.4. The van der Waals surface area contributed by atoms with Gasteiger partial charge in [0.15, 0.2) is 0 Å². The monoisotopic (exact) mass is 258 g/mol. The van der Waals surface area contributed by atoms with Crippen LogP contribution in [0.2, 0.25) is 0 Å².